The third-order valence-corrected chi connectivity index (χ3v) is 4.19. The van der Waals surface area contributed by atoms with Gasteiger partial charge in [-0.1, -0.05) is 13.3 Å². The Bertz CT molecular complexity index is 373. The molecule has 1 fully saturated rings. The van der Waals surface area contributed by atoms with Crippen molar-refractivity contribution >= 4 is 12.0 Å². The third-order valence-electron chi connectivity index (χ3n) is 4.19. The zero-order chi connectivity index (χ0) is 16.0. The highest BCUT2D eigenvalue weighted by Gasteiger charge is 2.50. The van der Waals surface area contributed by atoms with Gasteiger partial charge in [-0.3, -0.25) is 0 Å². The van der Waals surface area contributed by atoms with E-state index in [0.29, 0.717) is 32.5 Å². The Morgan fingerprint density at radius 2 is 2.10 bits per heavy atom. The standard InChI is InChI=1S/C15H28N2O4/c1-5-7-15(13(18)19)8-6-9-17(15)14(20)16(12(2)3)10-11-21-4/h12H,5-11H2,1-4H3,(H,18,19). The highest BCUT2D eigenvalue weighted by atomic mass is 16.5. The first kappa shape index (κ1) is 17.8. The third kappa shape index (κ3) is 3.67. The Morgan fingerprint density at radius 1 is 1.43 bits per heavy atom. The van der Waals surface area contributed by atoms with Gasteiger partial charge < -0.3 is 19.6 Å². The fourth-order valence-corrected chi connectivity index (χ4v) is 3.08. The number of methoxy groups -OCH3 is 1. The molecule has 1 N–H and O–H groups in total. The summed E-state index contributed by atoms with van der Waals surface area (Å²) in [4.78, 5) is 27.9. The molecule has 0 aliphatic carbocycles. The molecule has 6 nitrogen and oxygen atoms in total. The summed E-state index contributed by atoms with van der Waals surface area (Å²) in [6.07, 6.45) is 2.53. The topological polar surface area (TPSA) is 70.1 Å². The van der Waals surface area contributed by atoms with Crippen LogP contribution in [0.2, 0.25) is 0 Å². The summed E-state index contributed by atoms with van der Waals surface area (Å²) in [7, 11) is 1.59. The normalized spacial score (nSPS) is 21.9. The van der Waals surface area contributed by atoms with E-state index < -0.39 is 11.5 Å². The van der Waals surface area contributed by atoms with Crippen LogP contribution in [-0.2, 0) is 9.53 Å². The minimum absolute atomic E-state index is 0.0152. The Morgan fingerprint density at radius 3 is 2.57 bits per heavy atom. The molecular weight excluding hydrogens is 272 g/mol. The van der Waals surface area contributed by atoms with Gasteiger partial charge in [0, 0.05) is 26.2 Å². The minimum atomic E-state index is -1.04. The van der Waals surface area contributed by atoms with Gasteiger partial charge in [-0.05, 0) is 33.1 Å². The maximum absolute atomic E-state index is 12.8. The van der Waals surface area contributed by atoms with Crippen LogP contribution in [0, 0.1) is 0 Å². The van der Waals surface area contributed by atoms with E-state index in [4.69, 9.17) is 4.74 Å². The molecule has 0 bridgehead atoms. The molecule has 1 rings (SSSR count). The molecule has 2 amide bonds. The summed E-state index contributed by atoms with van der Waals surface area (Å²) in [6, 6.07) is -0.170. The van der Waals surface area contributed by atoms with Crippen LogP contribution >= 0.6 is 0 Å². The molecule has 1 heterocycles. The van der Waals surface area contributed by atoms with Gasteiger partial charge in [-0.15, -0.1) is 0 Å². The quantitative estimate of drug-likeness (QED) is 0.782. The van der Waals surface area contributed by atoms with Crippen LogP contribution in [0.4, 0.5) is 4.79 Å². The highest BCUT2D eigenvalue weighted by molar-refractivity contribution is 5.87. The van der Waals surface area contributed by atoms with E-state index in [2.05, 4.69) is 0 Å². The molecule has 21 heavy (non-hydrogen) atoms. The number of rotatable bonds is 7. The van der Waals surface area contributed by atoms with Gasteiger partial charge in [0.05, 0.1) is 6.61 Å². The van der Waals surface area contributed by atoms with Gasteiger partial charge in [0.15, 0.2) is 0 Å². The van der Waals surface area contributed by atoms with Crippen LogP contribution < -0.4 is 0 Å². The lowest BCUT2D eigenvalue weighted by Gasteiger charge is -2.39. The highest BCUT2D eigenvalue weighted by Crippen LogP contribution is 2.35. The van der Waals surface area contributed by atoms with Crippen LogP contribution in [0.3, 0.4) is 0 Å². The molecule has 122 valence electrons. The minimum Gasteiger partial charge on any atom is -0.479 e. The van der Waals surface area contributed by atoms with Crippen LogP contribution in [0.25, 0.3) is 0 Å². The molecule has 1 unspecified atom stereocenters. The zero-order valence-corrected chi connectivity index (χ0v) is 13.6. The number of amides is 2. The van der Waals surface area contributed by atoms with Crippen LogP contribution in [0.1, 0.15) is 46.5 Å². The van der Waals surface area contributed by atoms with Gasteiger partial charge in [0.2, 0.25) is 0 Å². The van der Waals surface area contributed by atoms with Crippen molar-refractivity contribution in [3.8, 4) is 0 Å². The first-order chi connectivity index (χ1) is 9.90. The Labute approximate surface area is 127 Å². The SMILES string of the molecule is CCCC1(C(=O)O)CCCN1C(=O)N(CCOC)C(C)C. The summed E-state index contributed by atoms with van der Waals surface area (Å²) in [5.74, 6) is -0.884. The second-order valence-corrected chi connectivity index (χ2v) is 5.90. The molecule has 0 aromatic heterocycles. The zero-order valence-electron chi connectivity index (χ0n) is 13.6. The summed E-state index contributed by atoms with van der Waals surface area (Å²) < 4.78 is 5.05. The summed E-state index contributed by atoms with van der Waals surface area (Å²) in [5, 5.41) is 9.67. The maximum atomic E-state index is 12.8. The average Bonchev–Trinajstić information content (AvgIpc) is 2.84. The first-order valence-electron chi connectivity index (χ1n) is 7.71. The smallest absolute Gasteiger partial charge is 0.329 e. The van der Waals surface area contributed by atoms with E-state index in [1.54, 1.807) is 16.9 Å². The van der Waals surface area contributed by atoms with E-state index in [9.17, 15) is 14.7 Å². The van der Waals surface area contributed by atoms with Gasteiger partial charge in [0.1, 0.15) is 5.54 Å². The van der Waals surface area contributed by atoms with Crippen molar-refractivity contribution in [3.63, 3.8) is 0 Å². The number of nitrogens with zero attached hydrogens (tertiary/aromatic N) is 2. The number of carboxylic acids is 1. The fourth-order valence-electron chi connectivity index (χ4n) is 3.08. The van der Waals surface area contributed by atoms with Crippen LogP contribution in [0.15, 0.2) is 0 Å². The number of aliphatic carboxylic acids is 1. The van der Waals surface area contributed by atoms with Gasteiger partial charge in [-0.25, -0.2) is 9.59 Å². The molecule has 1 aliphatic heterocycles. The van der Waals surface area contributed by atoms with Crippen molar-refractivity contribution in [1.82, 2.24) is 9.80 Å². The lowest BCUT2D eigenvalue weighted by molar-refractivity contribution is -0.149. The van der Waals surface area contributed by atoms with Gasteiger partial charge in [-0.2, -0.15) is 0 Å². The monoisotopic (exact) mass is 300 g/mol. The molecule has 1 saturated heterocycles. The van der Waals surface area contributed by atoms with Crippen molar-refractivity contribution in [2.45, 2.75) is 58.0 Å². The molecule has 1 aliphatic rings. The van der Waals surface area contributed by atoms with Crippen molar-refractivity contribution in [2.24, 2.45) is 0 Å². The number of hydrogen-bond acceptors (Lipinski definition) is 3. The number of carbonyl (C=O) groups is 2. The number of carboxylic acid groups (broad SMARTS) is 1. The van der Waals surface area contributed by atoms with E-state index in [1.165, 1.54) is 0 Å². The fraction of sp³-hybridized carbons (Fsp3) is 0.867. The lowest BCUT2D eigenvalue weighted by atomic mass is 9.91. The predicted octanol–water partition coefficient (Wildman–Crippen LogP) is 2.18. The van der Waals surface area contributed by atoms with Gasteiger partial charge in [0.25, 0.3) is 0 Å². The summed E-state index contributed by atoms with van der Waals surface area (Å²) >= 11 is 0. The van der Waals surface area contributed by atoms with E-state index in [-0.39, 0.29) is 12.1 Å². The molecule has 1 atom stereocenters. The summed E-state index contributed by atoms with van der Waals surface area (Å²) in [5.41, 5.74) is -1.04. The van der Waals surface area contributed by atoms with Crippen molar-refractivity contribution in [1.29, 1.82) is 0 Å². The molecule has 0 spiro atoms. The second-order valence-electron chi connectivity index (χ2n) is 5.90. The number of carbonyl (C=O) groups excluding carboxylic acids is 1. The molecule has 0 aromatic carbocycles. The number of hydrogen-bond donors (Lipinski definition) is 1. The number of urea groups is 1. The van der Waals surface area contributed by atoms with Crippen LogP contribution in [0.5, 0.6) is 0 Å². The Balaban J connectivity index is 2.98. The largest absolute Gasteiger partial charge is 0.479 e. The van der Waals surface area contributed by atoms with E-state index >= 15 is 0 Å². The molecule has 0 saturated carbocycles. The lowest BCUT2D eigenvalue weighted by Crippen LogP contribution is -2.58. The Kier molecular flexibility index (Phi) is 6.45. The van der Waals surface area contributed by atoms with Gasteiger partial charge >= 0.3 is 12.0 Å². The Hall–Kier alpha value is -1.30. The van der Waals surface area contributed by atoms with Crippen molar-refractivity contribution in [3.05, 3.63) is 0 Å². The first-order valence-corrected chi connectivity index (χ1v) is 7.71. The van der Waals surface area contributed by atoms with Crippen LogP contribution in [-0.4, -0.2) is 65.3 Å². The second kappa shape index (κ2) is 7.64. The van der Waals surface area contributed by atoms with E-state index in [1.807, 2.05) is 20.8 Å². The maximum Gasteiger partial charge on any atom is 0.329 e. The summed E-state index contributed by atoms with van der Waals surface area (Å²) in [6.45, 7) is 7.27. The number of likely N-dealkylation sites (tertiary alicyclic amines) is 1. The van der Waals surface area contributed by atoms with Crippen molar-refractivity contribution < 1.29 is 19.4 Å². The van der Waals surface area contributed by atoms with Crippen molar-refractivity contribution in [2.75, 3.05) is 26.8 Å². The number of ether oxygens (including phenoxy) is 1. The van der Waals surface area contributed by atoms with E-state index in [0.717, 1.165) is 12.8 Å². The molecule has 0 radical (unpaired) electrons. The molecule has 0 aromatic rings. The predicted molar refractivity (Wildman–Crippen MR) is 80.3 cm³/mol. The molecule has 6 heteroatoms. The molecular formula is C15H28N2O4. The average molecular weight is 300 g/mol.